The van der Waals surface area contributed by atoms with E-state index >= 15 is 0 Å². The van der Waals surface area contributed by atoms with E-state index in [1.165, 1.54) is 0 Å². The first kappa shape index (κ1) is 50.4. The summed E-state index contributed by atoms with van der Waals surface area (Å²) in [6, 6.07) is 22.3. The number of ketones is 1. The Hall–Kier alpha value is -5.62. The van der Waals surface area contributed by atoms with Crippen molar-refractivity contribution in [3.8, 4) is 11.1 Å². The van der Waals surface area contributed by atoms with Crippen LogP contribution in [0.15, 0.2) is 85.2 Å². The lowest BCUT2D eigenvalue weighted by atomic mass is 9.98. The summed E-state index contributed by atoms with van der Waals surface area (Å²) < 4.78 is 16.4. The molecule has 2 aromatic carbocycles. The van der Waals surface area contributed by atoms with Crippen LogP contribution in [0, 0.1) is 0 Å². The van der Waals surface area contributed by atoms with Crippen molar-refractivity contribution in [2.24, 2.45) is 5.73 Å². The van der Waals surface area contributed by atoms with Gasteiger partial charge in [-0.05, 0) is 65.8 Å². The van der Waals surface area contributed by atoms with Crippen molar-refractivity contribution in [3.05, 3.63) is 108 Å². The summed E-state index contributed by atoms with van der Waals surface area (Å²) in [4.78, 5) is 65.1. The van der Waals surface area contributed by atoms with Crippen LogP contribution < -0.4 is 27.0 Å². The lowest BCUT2D eigenvalue weighted by molar-refractivity contribution is -0.139. The molecule has 3 aliphatic rings. The fourth-order valence-corrected chi connectivity index (χ4v) is 9.57. The number of alkyl carbamates (subject to hydrolysis) is 1. The Balaban J connectivity index is 0.000000240. The first-order chi connectivity index (χ1) is 31.7. The number of benzene rings is 2. The van der Waals surface area contributed by atoms with E-state index < -0.39 is 24.1 Å². The molecule has 5 atom stereocenters. The highest BCUT2D eigenvalue weighted by Crippen LogP contribution is 2.44. The van der Waals surface area contributed by atoms with Gasteiger partial charge in [-0.15, -0.1) is 0 Å². The molecule has 2 aromatic heterocycles. The normalized spacial score (nSPS) is 17.6. The zero-order chi connectivity index (χ0) is 46.4. The van der Waals surface area contributed by atoms with E-state index in [0.29, 0.717) is 63.9 Å². The van der Waals surface area contributed by atoms with Gasteiger partial charge in [0.05, 0.1) is 37.9 Å². The number of Topliss-reactive ketones (excluding diaryl/α,β-unsaturated/α-hetero) is 1. The molecule has 16 nitrogen and oxygen atoms in total. The number of aromatic amines is 2. The number of amides is 4. The van der Waals surface area contributed by atoms with Gasteiger partial charge in [0.15, 0.2) is 0 Å². The average molecular weight is 916 g/mol. The third-order valence-corrected chi connectivity index (χ3v) is 12.8. The number of rotatable bonds is 24. The highest BCUT2D eigenvalue weighted by Gasteiger charge is 2.42. The number of carbonyl (C=O) groups excluding carboxylic acids is 4. The van der Waals surface area contributed by atoms with Gasteiger partial charge in [-0.1, -0.05) is 68.8 Å². The minimum absolute atomic E-state index is 0.0387. The number of fused-ring (bicyclic) bond motifs is 4. The lowest BCUT2D eigenvalue weighted by Gasteiger charge is -2.17. The minimum atomic E-state index is -1.11. The van der Waals surface area contributed by atoms with Crippen LogP contribution in [0.2, 0.25) is 0 Å². The number of aromatic nitrogens is 2. The molecular weight excluding hydrogens is 851 g/mol. The predicted molar refractivity (Wildman–Crippen MR) is 251 cm³/mol. The topological polar surface area (TPSA) is 239 Å². The molecule has 9 N–H and O–H groups in total. The van der Waals surface area contributed by atoms with Gasteiger partial charge in [-0.2, -0.15) is 11.8 Å². The third-order valence-electron chi connectivity index (χ3n) is 11.3. The molecule has 2 saturated heterocycles. The Bertz CT molecular complexity index is 2040. The standard InChI is InChI=1S/C24H39N5O5S.C22H20N2O4.C2H6/c25-18(15-17-5-3-9-26-17)20(30)6-4-11-33-13-14-34-12-10-27-22(31)8-2-1-7-21-23-19(16-35-21)28-24(32)29-23;25-21(26)20(12-14-6-5-11-23-14)24-22(27)28-13-19-17-9-3-1-7-15(17)16-8-2-4-10-18(16)19;1-2/h3,5,9,18-19,21,23,26H,1-2,4,6-8,10-16,25H2,(H,27,31)(H2,28,29,32);1-11,19-20,23H,12-13H2,(H,24,27)(H,25,26);1-2H3. The van der Waals surface area contributed by atoms with Crippen LogP contribution >= 0.6 is 11.8 Å². The summed E-state index contributed by atoms with van der Waals surface area (Å²) in [5.74, 6) is -0.131. The molecule has 7 rings (SSSR count). The maximum Gasteiger partial charge on any atom is 0.407 e. The van der Waals surface area contributed by atoms with E-state index in [9.17, 15) is 29.1 Å². The first-order valence-electron chi connectivity index (χ1n) is 22.6. The molecule has 5 unspecified atom stereocenters. The van der Waals surface area contributed by atoms with Gasteiger partial charge < -0.3 is 56.3 Å². The lowest BCUT2D eigenvalue weighted by Crippen LogP contribution is -2.43. The SMILES string of the molecule is CC.NC(Cc1ccc[nH]1)C(=O)CCCOCCOCCNC(=O)CCCCC1SCC2NC(=O)NC21.O=C(NC(Cc1ccc[nH]1)C(=O)O)OCC1c2ccccc2-c2ccccc21. The molecule has 17 heteroatoms. The smallest absolute Gasteiger partial charge is 0.407 e. The van der Waals surface area contributed by atoms with Crippen molar-refractivity contribution < 1.29 is 43.3 Å². The molecule has 1 aliphatic carbocycles. The molecule has 4 amide bonds. The second-order valence-electron chi connectivity index (χ2n) is 15.8. The number of carbonyl (C=O) groups is 5. The number of unbranched alkanes of at least 4 members (excludes halogenated alkanes) is 1. The Morgan fingerprint density at radius 1 is 0.800 bits per heavy atom. The van der Waals surface area contributed by atoms with Crippen LogP contribution in [-0.4, -0.2) is 120 Å². The maximum atomic E-state index is 12.3. The number of nitrogens with two attached hydrogens (primary N) is 1. The molecular formula is C48H65N7O9S. The highest BCUT2D eigenvalue weighted by molar-refractivity contribution is 8.00. The molecule has 0 bridgehead atoms. The quantitative estimate of drug-likeness (QED) is 0.0314. The second-order valence-corrected chi connectivity index (χ2v) is 17.1. The maximum absolute atomic E-state index is 12.3. The van der Waals surface area contributed by atoms with Gasteiger partial charge >= 0.3 is 18.1 Å². The number of hydrogen-bond acceptors (Lipinski definition) is 10. The molecule has 4 heterocycles. The summed E-state index contributed by atoms with van der Waals surface area (Å²) in [5.41, 5.74) is 12.1. The van der Waals surface area contributed by atoms with Gasteiger partial charge in [0.1, 0.15) is 18.4 Å². The molecule has 2 fully saturated rings. The van der Waals surface area contributed by atoms with Crippen LogP contribution in [0.1, 0.15) is 80.8 Å². The van der Waals surface area contributed by atoms with Crippen molar-refractivity contribution >= 4 is 41.5 Å². The van der Waals surface area contributed by atoms with E-state index in [1.54, 1.807) is 18.3 Å². The summed E-state index contributed by atoms with van der Waals surface area (Å²) in [5, 5.41) is 21.1. The van der Waals surface area contributed by atoms with Gasteiger partial charge in [0, 0.05) is 79.5 Å². The van der Waals surface area contributed by atoms with Crippen LogP contribution in [0.3, 0.4) is 0 Å². The number of carboxylic acids is 1. The number of aliphatic carboxylic acids is 1. The molecule has 2 aliphatic heterocycles. The Morgan fingerprint density at radius 3 is 2.09 bits per heavy atom. The fourth-order valence-electron chi connectivity index (χ4n) is 8.02. The largest absolute Gasteiger partial charge is 0.480 e. The number of hydrogen-bond donors (Lipinski definition) is 8. The van der Waals surface area contributed by atoms with E-state index in [1.807, 2.05) is 80.3 Å². The summed E-state index contributed by atoms with van der Waals surface area (Å²) in [6.07, 6.45) is 7.86. The van der Waals surface area contributed by atoms with Gasteiger partial charge in [0.25, 0.3) is 0 Å². The van der Waals surface area contributed by atoms with E-state index in [4.69, 9.17) is 19.9 Å². The van der Waals surface area contributed by atoms with Crippen molar-refractivity contribution in [3.63, 3.8) is 0 Å². The van der Waals surface area contributed by atoms with Crippen molar-refractivity contribution in [2.45, 2.75) is 101 Å². The molecule has 0 spiro atoms. The van der Waals surface area contributed by atoms with E-state index in [2.05, 4.69) is 43.4 Å². The van der Waals surface area contributed by atoms with Crippen LogP contribution in [-0.2, 0) is 41.4 Å². The summed E-state index contributed by atoms with van der Waals surface area (Å²) in [7, 11) is 0. The second kappa shape index (κ2) is 27.0. The minimum Gasteiger partial charge on any atom is -0.480 e. The molecule has 0 radical (unpaired) electrons. The fraction of sp³-hybridized carbons (Fsp3) is 0.479. The summed E-state index contributed by atoms with van der Waals surface area (Å²) in [6.45, 7) is 6.46. The number of thioether (sulfide) groups is 1. The molecule has 0 saturated carbocycles. The van der Waals surface area contributed by atoms with Crippen LogP contribution in [0.25, 0.3) is 11.1 Å². The number of carboxylic acid groups (broad SMARTS) is 1. The Kier molecular flexibility index (Phi) is 20.9. The Labute approximate surface area is 385 Å². The van der Waals surface area contributed by atoms with Gasteiger partial charge in [0.2, 0.25) is 5.91 Å². The van der Waals surface area contributed by atoms with Crippen LogP contribution in [0.4, 0.5) is 9.59 Å². The van der Waals surface area contributed by atoms with E-state index in [-0.39, 0.29) is 48.8 Å². The molecule has 65 heavy (non-hydrogen) atoms. The van der Waals surface area contributed by atoms with E-state index in [0.717, 1.165) is 58.7 Å². The molecule has 4 aromatic rings. The number of ether oxygens (including phenoxy) is 3. The Morgan fingerprint density at radius 2 is 1.45 bits per heavy atom. The number of H-pyrrole nitrogens is 2. The molecule has 352 valence electrons. The van der Waals surface area contributed by atoms with Gasteiger partial charge in [-0.3, -0.25) is 9.59 Å². The number of urea groups is 1. The van der Waals surface area contributed by atoms with Crippen molar-refractivity contribution in [1.82, 2.24) is 31.2 Å². The van der Waals surface area contributed by atoms with Crippen LogP contribution in [0.5, 0.6) is 0 Å². The first-order valence-corrected chi connectivity index (χ1v) is 23.7. The highest BCUT2D eigenvalue weighted by atomic mass is 32.2. The average Bonchev–Trinajstić information content (AvgIpc) is 4.18. The predicted octanol–water partition coefficient (Wildman–Crippen LogP) is 5.68. The zero-order valence-electron chi connectivity index (χ0n) is 37.4. The van der Waals surface area contributed by atoms with Crippen molar-refractivity contribution in [1.29, 1.82) is 0 Å². The zero-order valence-corrected chi connectivity index (χ0v) is 38.2. The van der Waals surface area contributed by atoms with Gasteiger partial charge in [-0.25, -0.2) is 14.4 Å². The third kappa shape index (κ3) is 15.8. The monoisotopic (exact) mass is 915 g/mol. The summed E-state index contributed by atoms with van der Waals surface area (Å²) >= 11 is 1.90. The number of nitrogens with one attached hydrogen (secondary N) is 6. The van der Waals surface area contributed by atoms with Crippen molar-refractivity contribution in [2.75, 3.05) is 45.3 Å².